The number of benzene rings is 1. The van der Waals surface area contributed by atoms with E-state index in [1.807, 2.05) is 48.7 Å². The second kappa shape index (κ2) is 6.84. The standard InChI is InChI=1S/C17H17N3O3S/c1-12-6-3-4-7-13(12)10-19(2)15(21)11-20-17(22)23-16(18-20)14-8-5-9-24-14/h3-9H,10-11H2,1-2H3. The van der Waals surface area contributed by atoms with Crippen LogP contribution in [0.3, 0.4) is 0 Å². The van der Waals surface area contributed by atoms with E-state index in [0.29, 0.717) is 6.54 Å². The van der Waals surface area contributed by atoms with Crippen LogP contribution in [-0.4, -0.2) is 27.6 Å². The molecule has 0 fully saturated rings. The summed E-state index contributed by atoms with van der Waals surface area (Å²) in [6, 6.07) is 11.5. The van der Waals surface area contributed by atoms with Gasteiger partial charge in [0.2, 0.25) is 5.91 Å². The molecule has 0 spiro atoms. The summed E-state index contributed by atoms with van der Waals surface area (Å²) in [5.41, 5.74) is 2.19. The van der Waals surface area contributed by atoms with Crippen LogP contribution in [0.25, 0.3) is 10.8 Å². The number of nitrogens with zero attached hydrogens (tertiary/aromatic N) is 3. The highest BCUT2D eigenvalue weighted by molar-refractivity contribution is 7.13. The second-order valence-corrected chi connectivity index (χ2v) is 6.43. The van der Waals surface area contributed by atoms with E-state index in [4.69, 9.17) is 4.42 Å². The maximum atomic E-state index is 12.4. The summed E-state index contributed by atoms with van der Waals surface area (Å²) in [5, 5.41) is 5.97. The lowest BCUT2D eigenvalue weighted by atomic mass is 10.1. The number of thiophene rings is 1. The first-order chi connectivity index (χ1) is 11.5. The van der Waals surface area contributed by atoms with Crippen molar-refractivity contribution in [3.05, 3.63) is 63.5 Å². The summed E-state index contributed by atoms with van der Waals surface area (Å²) in [4.78, 5) is 26.6. The molecule has 0 aliphatic rings. The van der Waals surface area contributed by atoms with Crippen molar-refractivity contribution in [3.63, 3.8) is 0 Å². The molecule has 24 heavy (non-hydrogen) atoms. The first-order valence-electron chi connectivity index (χ1n) is 7.45. The van der Waals surface area contributed by atoms with E-state index in [-0.39, 0.29) is 18.3 Å². The molecular formula is C17H17N3O3S. The summed E-state index contributed by atoms with van der Waals surface area (Å²) in [7, 11) is 1.71. The van der Waals surface area contributed by atoms with Crippen molar-refractivity contribution < 1.29 is 9.21 Å². The van der Waals surface area contributed by atoms with Crippen LogP contribution < -0.4 is 5.76 Å². The zero-order chi connectivity index (χ0) is 17.1. The molecule has 0 aliphatic heterocycles. The van der Waals surface area contributed by atoms with Gasteiger partial charge in [-0.1, -0.05) is 30.3 Å². The Morgan fingerprint density at radius 1 is 1.29 bits per heavy atom. The highest BCUT2D eigenvalue weighted by atomic mass is 32.1. The average Bonchev–Trinajstić information content (AvgIpc) is 3.20. The van der Waals surface area contributed by atoms with E-state index in [2.05, 4.69) is 5.10 Å². The van der Waals surface area contributed by atoms with Crippen molar-refractivity contribution in [2.45, 2.75) is 20.0 Å². The monoisotopic (exact) mass is 343 g/mol. The van der Waals surface area contributed by atoms with Crippen LogP contribution in [0.15, 0.2) is 51.0 Å². The lowest BCUT2D eigenvalue weighted by molar-refractivity contribution is -0.131. The summed E-state index contributed by atoms with van der Waals surface area (Å²) in [6.07, 6.45) is 0. The lowest BCUT2D eigenvalue weighted by Gasteiger charge is -2.18. The van der Waals surface area contributed by atoms with E-state index in [0.717, 1.165) is 20.7 Å². The highest BCUT2D eigenvalue weighted by Gasteiger charge is 2.16. The maximum Gasteiger partial charge on any atom is 0.437 e. The van der Waals surface area contributed by atoms with Crippen LogP contribution in [0.2, 0.25) is 0 Å². The molecule has 124 valence electrons. The smallest absolute Gasteiger partial charge is 0.387 e. The zero-order valence-electron chi connectivity index (χ0n) is 13.4. The van der Waals surface area contributed by atoms with E-state index in [1.54, 1.807) is 11.9 Å². The fourth-order valence-electron chi connectivity index (χ4n) is 2.29. The number of aryl methyl sites for hydroxylation is 1. The van der Waals surface area contributed by atoms with Crippen LogP contribution in [0.4, 0.5) is 0 Å². The van der Waals surface area contributed by atoms with Crippen LogP contribution in [-0.2, 0) is 17.9 Å². The van der Waals surface area contributed by atoms with Gasteiger partial charge in [-0.2, -0.15) is 4.68 Å². The fraction of sp³-hybridized carbons (Fsp3) is 0.235. The number of carbonyl (C=O) groups is 1. The normalized spacial score (nSPS) is 10.8. The summed E-state index contributed by atoms with van der Waals surface area (Å²) in [6.45, 7) is 2.34. The van der Waals surface area contributed by atoms with Gasteiger partial charge in [0.25, 0.3) is 5.89 Å². The van der Waals surface area contributed by atoms with Crippen molar-refractivity contribution in [3.8, 4) is 10.8 Å². The van der Waals surface area contributed by atoms with E-state index < -0.39 is 5.76 Å². The van der Waals surface area contributed by atoms with Gasteiger partial charge in [-0.3, -0.25) is 4.79 Å². The Morgan fingerprint density at radius 3 is 2.79 bits per heavy atom. The second-order valence-electron chi connectivity index (χ2n) is 5.48. The summed E-state index contributed by atoms with van der Waals surface area (Å²) >= 11 is 1.42. The molecule has 0 aliphatic carbocycles. The van der Waals surface area contributed by atoms with Gasteiger partial charge < -0.3 is 9.32 Å². The Morgan fingerprint density at radius 2 is 2.08 bits per heavy atom. The Balaban J connectivity index is 1.71. The quantitative estimate of drug-likeness (QED) is 0.714. The van der Waals surface area contributed by atoms with Crippen molar-refractivity contribution in [1.29, 1.82) is 0 Å². The Kier molecular flexibility index (Phi) is 4.61. The van der Waals surface area contributed by atoms with Gasteiger partial charge >= 0.3 is 5.76 Å². The Labute approximate surface area is 143 Å². The molecule has 0 N–H and O–H groups in total. The molecule has 2 aromatic heterocycles. The molecule has 0 bridgehead atoms. The number of aromatic nitrogens is 2. The number of likely N-dealkylation sites (N-methyl/N-ethyl adjacent to an activating group) is 1. The van der Waals surface area contributed by atoms with Crippen molar-refractivity contribution in [1.82, 2.24) is 14.7 Å². The molecule has 0 unspecified atom stereocenters. The third-order valence-corrected chi connectivity index (χ3v) is 4.58. The highest BCUT2D eigenvalue weighted by Crippen LogP contribution is 2.21. The number of carbonyl (C=O) groups excluding carboxylic acids is 1. The van der Waals surface area contributed by atoms with Crippen LogP contribution in [0, 0.1) is 6.92 Å². The third kappa shape index (κ3) is 3.46. The predicted octanol–water partition coefficient (Wildman–Crippen LogP) is 2.53. The van der Waals surface area contributed by atoms with E-state index in [9.17, 15) is 9.59 Å². The third-order valence-electron chi connectivity index (χ3n) is 3.72. The molecule has 0 saturated carbocycles. The minimum Gasteiger partial charge on any atom is -0.387 e. The molecule has 6 nitrogen and oxygen atoms in total. The SMILES string of the molecule is Cc1ccccc1CN(C)C(=O)Cn1nc(-c2cccs2)oc1=O. The average molecular weight is 343 g/mol. The van der Waals surface area contributed by atoms with Crippen LogP contribution in [0.5, 0.6) is 0 Å². The molecule has 3 aromatic rings. The molecule has 2 heterocycles. The van der Waals surface area contributed by atoms with Crippen molar-refractivity contribution in [2.75, 3.05) is 7.05 Å². The maximum absolute atomic E-state index is 12.4. The lowest BCUT2D eigenvalue weighted by Crippen LogP contribution is -2.33. The van der Waals surface area contributed by atoms with Gasteiger partial charge in [-0.25, -0.2) is 4.79 Å². The van der Waals surface area contributed by atoms with Crippen LogP contribution in [0.1, 0.15) is 11.1 Å². The van der Waals surface area contributed by atoms with Crippen molar-refractivity contribution in [2.24, 2.45) is 0 Å². The first-order valence-corrected chi connectivity index (χ1v) is 8.33. The number of hydrogen-bond acceptors (Lipinski definition) is 5. The van der Waals surface area contributed by atoms with Gasteiger partial charge in [0.1, 0.15) is 6.54 Å². The van der Waals surface area contributed by atoms with Gasteiger partial charge in [0.05, 0.1) is 4.88 Å². The Hall–Kier alpha value is -2.67. The molecule has 1 amide bonds. The van der Waals surface area contributed by atoms with Crippen LogP contribution >= 0.6 is 11.3 Å². The molecule has 0 radical (unpaired) electrons. The molecule has 0 atom stereocenters. The topological polar surface area (TPSA) is 68.3 Å². The molecule has 7 heteroatoms. The summed E-state index contributed by atoms with van der Waals surface area (Å²) < 4.78 is 6.17. The minimum atomic E-state index is -0.629. The number of rotatable bonds is 5. The van der Waals surface area contributed by atoms with Gasteiger partial charge in [-0.05, 0) is 29.5 Å². The van der Waals surface area contributed by atoms with E-state index >= 15 is 0 Å². The largest absolute Gasteiger partial charge is 0.437 e. The Bertz CT molecular complexity index is 896. The van der Waals surface area contributed by atoms with E-state index in [1.165, 1.54) is 11.3 Å². The minimum absolute atomic E-state index is 0.143. The predicted molar refractivity (Wildman–Crippen MR) is 91.7 cm³/mol. The first kappa shape index (κ1) is 16.2. The number of hydrogen-bond donors (Lipinski definition) is 0. The fourth-order valence-corrected chi connectivity index (χ4v) is 2.93. The molecular weight excluding hydrogens is 326 g/mol. The zero-order valence-corrected chi connectivity index (χ0v) is 14.2. The molecule has 1 aromatic carbocycles. The summed E-state index contributed by atoms with van der Waals surface area (Å²) in [5.74, 6) is -0.591. The number of amides is 1. The molecule has 3 rings (SSSR count). The van der Waals surface area contributed by atoms with Gasteiger partial charge in [0, 0.05) is 13.6 Å². The van der Waals surface area contributed by atoms with Gasteiger partial charge in [0.15, 0.2) is 0 Å². The van der Waals surface area contributed by atoms with Gasteiger partial charge in [-0.15, -0.1) is 16.4 Å². The van der Waals surface area contributed by atoms with Crippen molar-refractivity contribution >= 4 is 17.2 Å². The molecule has 0 saturated heterocycles.